The Hall–Kier alpha value is -2.44. The molecule has 22 heavy (non-hydrogen) atoms. The first-order valence-corrected chi connectivity index (χ1v) is 6.62. The second-order valence-corrected chi connectivity index (χ2v) is 5.53. The smallest absolute Gasteiger partial charge is 0.408 e. The molecule has 0 radical (unpaired) electrons. The molecule has 1 aromatic rings. The fourth-order valence-corrected chi connectivity index (χ4v) is 1.70. The highest BCUT2D eigenvalue weighted by molar-refractivity contribution is 5.83. The number of alkyl carbamates (subject to hydrolysis) is 1. The van der Waals surface area contributed by atoms with Crippen LogP contribution >= 0.6 is 0 Å². The molecule has 122 valence electrons. The molecular weight excluding hydrogens is 290 g/mol. The van der Waals surface area contributed by atoms with Gasteiger partial charge in [0.15, 0.2) is 17.5 Å². The number of methoxy groups -OCH3 is 2. The van der Waals surface area contributed by atoms with Crippen molar-refractivity contribution in [1.82, 2.24) is 5.32 Å². The quantitative estimate of drug-likeness (QED) is 0.827. The Labute approximate surface area is 129 Å². The zero-order chi connectivity index (χ0) is 16.9. The van der Waals surface area contributed by atoms with Crippen molar-refractivity contribution < 1.29 is 28.9 Å². The van der Waals surface area contributed by atoms with Gasteiger partial charge in [-0.3, -0.25) is 0 Å². The summed E-state index contributed by atoms with van der Waals surface area (Å²) in [4.78, 5) is 23.8. The molecule has 0 spiro atoms. The van der Waals surface area contributed by atoms with Gasteiger partial charge in [0.2, 0.25) is 0 Å². The maximum absolute atomic E-state index is 11.9. The Bertz CT molecular complexity index is 549. The third kappa shape index (κ3) is 4.83. The van der Waals surface area contributed by atoms with Crippen LogP contribution in [0.5, 0.6) is 11.5 Å². The highest BCUT2D eigenvalue weighted by Gasteiger charge is 2.27. The van der Waals surface area contributed by atoms with E-state index in [-0.39, 0.29) is 11.5 Å². The number of phenolic OH excluding ortho intramolecular Hbond substituents is 1. The molecule has 0 fully saturated rings. The number of esters is 1. The van der Waals surface area contributed by atoms with Crippen molar-refractivity contribution in [3.8, 4) is 11.5 Å². The molecule has 1 amide bonds. The van der Waals surface area contributed by atoms with Gasteiger partial charge in [-0.1, -0.05) is 6.07 Å². The molecule has 1 rings (SSSR count). The van der Waals surface area contributed by atoms with Crippen LogP contribution in [0.1, 0.15) is 32.4 Å². The number of hydrogen-bond acceptors (Lipinski definition) is 6. The lowest BCUT2D eigenvalue weighted by atomic mass is 10.1. The van der Waals surface area contributed by atoms with Crippen molar-refractivity contribution in [3.05, 3.63) is 23.8 Å². The Balaban J connectivity index is 3.04. The number of carbonyl (C=O) groups is 2. The number of nitrogens with one attached hydrogen (secondary N) is 1. The number of aromatic hydroxyl groups is 1. The first-order chi connectivity index (χ1) is 10.2. The zero-order valence-electron chi connectivity index (χ0n) is 13.3. The van der Waals surface area contributed by atoms with Crippen molar-refractivity contribution in [2.75, 3.05) is 14.2 Å². The average Bonchev–Trinajstić information content (AvgIpc) is 2.43. The van der Waals surface area contributed by atoms with Crippen LogP contribution in [0.3, 0.4) is 0 Å². The largest absolute Gasteiger partial charge is 0.504 e. The van der Waals surface area contributed by atoms with Gasteiger partial charge in [0.1, 0.15) is 5.60 Å². The molecular formula is C15H21NO6. The molecule has 1 unspecified atom stereocenters. The van der Waals surface area contributed by atoms with E-state index in [9.17, 15) is 14.7 Å². The SMILES string of the molecule is COC(=O)C(NC(=O)OC(C)(C)C)c1ccc(O)c(OC)c1. The van der Waals surface area contributed by atoms with Crippen LogP contribution in [-0.2, 0) is 14.3 Å². The van der Waals surface area contributed by atoms with Gasteiger partial charge in [0, 0.05) is 0 Å². The average molecular weight is 311 g/mol. The fraction of sp³-hybridized carbons (Fsp3) is 0.467. The summed E-state index contributed by atoms with van der Waals surface area (Å²) in [6.07, 6.45) is -0.755. The van der Waals surface area contributed by atoms with E-state index in [1.54, 1.807) is 20.8 Å². The van der Waals surface area contributed by atoms with Crippen molar-refractivity contribution >= 4 is 12.1 Å². The predicted molar refractivity (Wildman–Crippen MR) is 78.8 cm³/mol. The summed E-state index contributed by atoms with van der Waals surface area (Å²) in [7, 11) is 2.59. The number of carbonyl (C=O) groups excluding carboxylic acids is 2. The molecule has 0 saturated carbocycles. The van der Waals surface area contributed by atoms with E-state index < -0.39 is 23.7 Å². The molecule has 1 atom stereocenters. The molecule has 0 aliphatic rings. The summed E-state index contributed by atoms with van der Waals surface area (Å²) in [6.45, 7) is 5.13. The van der Waals surface area contributed by atoms with Crippen molar-refractivity contribution in [1.29, 1.82) is 0 Å². The number of rotatable bonds is 4. The topological polar surface area (TPSA) is 94.1 Å². The maximum atomic E-state index is 11.9. The van der Waals surface area contributed by atoms with E-state index in [1.165, 1.54) is 32.4 Å². The lowest BCUT2D eigenvalue weighted by Gasteiger charge is -2.23. The molecule has 1 aromatic carbocycles. The summed E-state index contributed by atoms with van der Waals surface area (Å²) in [6, 6.07) is 3.21. The van der Waals surface area contributed by atoms with E-state index in [0.717, 1.165) is 0 Å². The molecule has 0 bridgehead atoms. The molecule has 0 heterocycles. The summed E-state index contributed by atoms with van der Waals surface area (Å²) in [5.74, 6) is -0.567. The molecule has 0 aliphatic heterocycles. The normalized spacial score (nSPS) is 12.2. The van der Waals surface area contributed by atoms with Gasteiger partial charge in [-0.2, -0.15) is 0 Å². The van der Waals surface area contributed by atoms with Crippen LogP contribution in [0.15, 0.2) is 18.2 Å². The zero-order valence-corrected chi connectivity index (χ0v) is 13.3. The molecule has 7 nitrogen and oxygen atoms in total. The standard InChI is InChI=1S/C15H21NO6/c1-15(2,3)22-14(19)16-12(13(18)21-5)9-6-7-10(17)11(8-9)20-4/h6-8,12,17H,1-5H3,(H,16,19). The summed E-state index contributed by atoms with van der Waals surface area (Å²) < 4.78 is 14.8. The van der Waals surface area contributed by atoms with Crippen LogP contribution < -0.4 is 10.1 Å². The number of benzene rings is 1. The van der Waals surface area contributed by atoms with Gasteiger partial charge >= 0.3 is 12.1 Å². The molecule has 7 heteroatoms. The summed E-state index contributed by atoms with van der Waals surface area (Å²) in [5, 5.41) is 12.0. The van der Waals surface area contributed by atoms with Crippen molar-refractivity contribution in [2.45, 2.75) is 32.4 Å². The van der Waals surface area contributed by atoms with Crippen LogP contribution in [0, 0.1) is 0 Å². The van der Waals surface area contributed by atoms with E-state index in [0.29, 0.717) is 5.56 Å². The maximum Gasteiger partial charge on any atom is 0.408 e. The second kappa shape index (κ2) is 7.02. The first-order valence-electron chi connectivity index (χ1n) is 6.62. The Morgan fingerprint density at radius 2 is 1.86 bits per heavy atom. The van der Waals surface area contributed by atoms with Gasteiger partial charge < -0.3 is 24.6 Å². The molecule has 0 aliphatic carbocycles. The molecule has 2 N–H and O–H groups in total. The Kier molecular flexibility index (Phi) is 5.62. The van der Waals surface area contributed by atoms with E-state index >= 15 is 0 Å². The predicted octanol–water partition coefficient (Wildman–Crippen LogP) is 2.14. The third-order valence-electron chi connectivity index (χ3n) is 2.64. The number of amides is 1. The van der Waals surface area contributed by atoms with Crippen molar-refractivity contribution in [2.24, 2.45) is 0 Å². The lowest BCUT2D eigenvalue weighted by Crippen LogP contribution is -2.38. The van der Waals surface area contributed by atoms with E-state index in [4.69, 9.17) is 9.47 Å². The highest BCUT2D eigenvalue weighted by Crippen LogP contribution is 2.29. The lowest BCUT2D eigenvalue weighted by molar-refractivity contribution is -0.143. The van der Waals surface area contributed by atoms with Crippen LogP contribution in [-0.4, -0.2) is 37.0 Å². The van der Waals surface area contributed by atoms with Gasteiger partial charge in [0.25, 0.3) is 0 Å². The molecule has 0 saturated heterocycles. The number of hydrogen-bond donors (Lipinski definition) is 2. The minimum atomic E-state index is -1.07. The monoisotopic (exact) mass is 311 g/mol. The first kappa shape index (κ1) is 17.6. The minimum Gasteiger partial charge on any atom is -0.504 e. The minimum absolute atomic E-state index is 0.0767. The summed E-state index contributed by atoms with van der Waals surface area (Å²) in [5.41, 5.74) is -0.301. The van der Waals surface area contributed by atoms with Crippen LogP contribution in [0.2, 0.25) is 0 Å². The Morgan fingerprint density at radius 1 is 1.23 bits per heavy atom. The van der Waals surface area contributed by atoms with Gasteiger partial charge in [-0.15, -0.1) is 0 Å². The number of ether oxygens (including phenoxy) is 3. The van der Waals surface area contributed by atoms with Gasteiger partial charge in [0.05, 0.1) is 14.2 Å². The van der Waals surface area contributed by atoms with E-state index in [1.807, 2.05) is 0 Å². The number of phenols is 1. The third-order valence-corrected chi connectivity index (χ3v) is 2.64. The Morgan fingerprint density at radius 3 is 2.36 bits per heavy atom. The van der Waals surface area contributed by atoms with Gasteiger partial charge in [-0.25, -0.2) is 9.59 Å². The van der Waals surface area contributed by atoms with Crippen molar-refractivity contribution in [3.63, 3.8) is 0 Å². The second-order valence-electron chi connectivity index (χ2n) is 5.53. The fourth-order valence-electron chi connectivity index (χ4n) is 1.70. The highest BCUT2D eigenvalue weighted by atomic mass is 16.6. The summed E-state index contributed by atoms with van der Waals surface area (Å²) >= 11 is 0. The molecule has 0 aromatic heterocycles. The van der Waals surface area contributed by atoms with E-state index in [2.05, 4.69) is 10.1 Å². The van der Waals surface area contributed by atoms with Gasteiger partial charge in [-0.05, 0) is 38.5 Å². The van der Waals surface area contributed by atoms with Crippen LogP contribution in [0.4, 0.5) is 4.79 Å². The van der Waals surface area contributed by atoms with Crippen LogP contribution in [0.25, 0.3) is 0 Å².